The summed E-state index contributed by atoms with van der Waals surface area (Å²) < 4.78 is 5.33. The number of methoxy groups -OCH3 is 1. The van der Waals surface area contributed by atoms with Crippen molar-refractivity contribution < 1.29 is 9.53 Å². The number of Topliss-reactive ketones (excluding diaryl/α,β-unsaturated/α-hetero) is 1. The van der Waals surface area contributed by atoms with Gasteiger partial charge in [0.2, 0.25) is 0 Å². The largest absolute Gasteiger partial charge is 0.496 e. The van der Waals surface area contributed by atoms with E-state index in [1.54, 1.807) is 31.5 Å². The van der Waals surface area contributed by atoms with Crippen LogP contribution in [0.25, 0.3) is 0 Å². The van der Waals surface area contributed by atoms with Crippen LogP contribution < -0.4 is 4.74 Å². The summed E-state index contributed by atoms with van der Waals surface area (Å²) in [5.41, 5.74) is 1.61. The first-order valence-electron chi connectivity index (χ1n) is 8.17. The van der Waals surface area contributed by atoms with Crippen molar-refractivity contribution in [1.82, 2.24) is 9.88 Å². The van der Waals surface area contributed by atoms with Gasteiger partial charge in [-0.05, 0) is 49.7 Å². The second-order valence-corrected chi connectivity index (χ2v) is 6.54. The van der Waals surface area contributed by atoms with E-state index in [0.717, 1.165) is 38.2 Å². The molecule has 1 atom stereocenters. The van der Waals surface area contributed by atoms with Crippen molar-refractivity contribution >= 4 is 17.4 Å². The molecule has 0 unspecified atom stereocenters. The highest BCUT2D eigenvalue weighted by Crippen LogP contribution is 2.29. The zero-order valence-electron chi connectivity index (χ0n) is 13.7. The number of hydrogen-bond acceptors (Lipinski definition) is 4. The number of rotatable bonds is 5. The number of aromatic nitrogens is 1. The number of hydrogen-bond donors (Lipinski definition) is 0. The monoisotopic (exact) mass is 344 g/mol. The Kier molecular flexibility index (Phi) is 5.48. The highest BCUT2D eigenvalue weighted by Gasteiger charge is 2.28. The van der Waals surface area contributed by atoms with Crippen LogP contribution in [0.1, 0.15) is 28.9 Å². The Morgan fingerprint density at radius 3 is 3.00 bits per heavy atom. The van der Waals surface area contributed by atoms with E-state index in [1.807, 2.05) is 18.2 Å². The molecule has 0 N–H and O–H groups in total. The summed E-state index contributed by atoms with van der Waals surface area (Å²) in [6.45, 7) is 2.51. The van der Waals surface area contributed by atoms with Crippen LogP contribution in [0.3, 0.4) is 0 Å². The SMILES string of the molecule is COc1ccc(Cl)cc1C(=O)[C@H]1CCCN(Cc2ccccn2)C1. The third-order valence-electron chi connectivity index (χ3n) is 4.42. The normalized spacial score (nSPS) is 18.3. The molecule has 2 heterocycles. The Morgan fingerprint density at radius 2 is 2.25 bits per heavy atom. The third-order valence-corrected chi connectivity index (χ3v) is 4.65. The summed E-state index contributed by atoms with van der Waals surface area (Å²) in [7, 11) is 1.58. The van der Waals surface area contributed by atoms with Crippen LogP contribution in [0.4, 0.5) is 0 Å². The second-order valence-electron chi connectivity index (χ2n) is 6.10. The highest BCUT2D eigenvalue weighted by molar-refractivity contribution is 6.31. The van der Waals surface area contributed by atoms with Crippen molar-refractivity contribution in [3.05, 3.63) is 58.9 Å². The molecule has 0 bridgehead atoms. The van der Waals surface area contributed by atoms with Gasteiger partial charge in [0.25, 0.3) is 0 Å². The van der Waals surface area contributed by atoms with E-state index in [2.05, 4.69) is 9.88 Å². The van der Waals surface area contributed by atoms with Crippen molar-refractivity contribution in [1.29, 1.82) is 0 Å². The van der Waals surface area contributed by atoms with Crippen molar-refractivity contribution in [3.8, 4) is 5.75 Å². The molecule has 0 spiro atoms. The van der Waals surface area contributed by atoms with Crippen molar-refractivity contribution in [2.45, 2.75) is 19.4 Å². The number of benzene rings is 1. The van der Waals surface area contributed by atoms with E-state index in [4.69, 9.17) is 16.3 Å². The number of ketones is 1. The van der Waals surface area contributed by atoms with Crippen molar-refractivity contribution in [2.75, 3.05) is 20.2 Å². The number of carbonyl (C=O) groups is 1. The first kappa shape index (κ1) is 16.9. The lowest BCUT2D eigenvalue weighted by Gasteiger charge is -2.32. The average Bonchev–Trinajstić information content (AvgIpc) is 2.62. The minimum absolute atomic E-state index is 0.0326. The third kappa shape index (κ3) is 3.94. The molecule has 126 valence electrons. The molecule has 0 aliphatic carbocycles. The standard InChI is InChI=1S/C19H21ClN2O2/c1-24-18-8-7-15(20)11-17(18)19(23)14-5-4-10-22(12-14)13-16-6-2-3-9-21-16/h2-3,6-9,11,14H,4-5,10,12-13H2,1H3/t14-/m0/s1. The molecule has 2 aromatic rings. The maximum Gasteiger partial charge on any atom is 0.170 e. The lowest BCUT2D eigenvalue weighted by atomic mass is 9.89. The minimum Gasteiger partial charge on any atom is -0.496 e. The van der Waals surface area contributed by atoms with Crippen LogP contribution in [-0.4, -0.2) is 35.9 Å². The first-order chi connectivity index (χ1) is 11.7. The predicted octanol–water partition coefficient (Wildman–Crippen LogP) is 3.84. The molecule has 1 aromatic carbocycles. The van der Waals surface area contributed by atoms with Crippen LogP contribution in [0.15, 0.2) is 42.6 Å². The van der Waals surface area contributed by atoms with E-state index < -0.39 is 0 Å². The fourth-order valence-electron chi connectivity index (χ4n) is 3.23. The van der Waals surface area contributed by atoms with Gasteiger partial charge in [0.05, 0.1) is 18.4 Å². The molecule has 1 aliphatic heterocycles. The summed E-state index contributed by atoms with van der Waals surface area (Å²) in [5.74, 6) is 0.668. The van der Waals surface area contributed by atoms with E-state index >= 15 is 0 Å². The molecule has 24 heavy (non-hydrogen) atoms. The molecule has 1 aromatic heterocycles. The summed E-state index contributed by atoms with van der Waals surface area (Å²) in [4.78, 5) is 19.6. The summed E-state index contributed by atoms with van der Waals surface area (Å²) in [6.07, 6.45) is 3.71. The van der Waals surface area contributed by atoms with Crippen LogP contribution in [0.2, 0.25) is 5.02 Å². The number of carbonyl (C=O) groups excluding carboxylic acids is 1. The van der Waals surface area contributed by atoms with E-state index in [0.29, 0.717) is 16.3 Å². The van der Waals surface area contributed by atoms with Gasteiger partial charge in [-0.1, -0.05) is 17.7 Å². The van der Waals surface area contributed by atoms with Gasteiger partial charge in [0, 0.05) is 30.2 Å². The molecule has 1 saturated heterocycles. The Morgan fingerprint density at radius 1 is 1.38 bits per heavy atom. The average molecular weight is 345 g/mol. The number of likely N-dealkylation sites (tertiary alicyclic amines) is 1. The summed E-state index contributed by atoms with van der Waals surface area (Å²) in [5, 5.41) is 0.556. The molecule has 1 fully saturated rings. The Labute approximate surface area is 147 Å². The predicted molar refractivity (Wildman–Crippen MR) is 94.6 cm³/mol. The van der Waals surface area contributed by atoms with Gasteiger partial charge >= 0.3 is 0 Å². The number of halogens is 1. The van der Waals surface area contributed by atoms with E-state index in [1.165, 1.54) is 0 Å². The van der Waals surface area contributed by atoms with Crippen molar-refractivity contribution in [3.63, 3.8) is 0 Å². The van der Waals surface area contributed by atoms with Gasteiger partial charge in [-0.3, -0.25) is 14.7 Å². The Hall–Kier alpha value is -1.91. The smallest absolute Gasteiger partial charge is 0.170 e. The van der Waals surface area contributed by atoms with E-state index in [-0.39, 0.29) is 11.7 Å². The zero-order valence-corrected chi connectivity index (χ0v) is 14.5. The molecule has 5 heteroatoms. The highest BCUT2D eigenvalue weighted by atomic mass is 35.5. The topological polar surface area (TPSA) is 42.4 Å². The number of pyridine rings is 1. The molecule has 1 aliphatic rings. The van der Waals surface area contributed by atoms with Crippen LogP contribution in [0.5, 0.6) is 5.75 Å². The molecule has 0 radical (unpaired) electrons. The van der Waals surface area contributed by atoms with Gasteiger partial charge in [-0.2, -0.15) is 0 Å². The van der Waals surface area contributed by atoms with Gasteiger partial charge in [0.1, 0.15) is 5.75 Å². The second kappa shape index (κ2) is 7.77. The zero-order chi connectivity index (χ0) is 16.9. The van der Waals surface area contributed by atoms with Gasteiger partial charge in [-0.25, -0.2) is 0 Å². The molecular weight excluding hydrogens is 324 g/mol. The molecule has 0 amide bonds. The van der Waals surface area contributed by atoms with Gasteiger partial charge in [-0.15, -0.1) is 0 Å². The lowest BCUT2D eigenvalue weighted by Crippen LogP contribution is -2.38. The molecule has 0 saturated carbocycles. The van der Waals surface area contributed by atoms with Crippen LogP contribution in [-0.2, 0) is 6.54 Å². The molecule has 3 rings (SSSR count). The quantitative estimate of drug-likeness (QED) is 0.773. The van der Waals surface area contributed by atoms with Crippen molar-refractivity contribution in [2.24, 2.45) is 5.92 Å². The first-order valence-corrected chi connectivity index (χ1v) is 8.55. The number of ether oxygens (including phenoxy) is 1. The van der Waals surface area contributed by atoms with E-state index in [9.17, 15) is 4.79 Å². The van der Waals surface area contributed by atoms with Crippen LogP contribution in [0, 0.1) is 5.92 Å². The number of piperidine rings is 1. The molecular formula is C19H21ClN2O2. The maximum absolute atomic E-state index is 12.9. The Balaban J connectivity index is 1.72. The van der Waals surface area contributed by atoms with Gasteiger partial charge < -0.3 is 4.74 Å². The fraction of sp³-hybridized carbons (Fsp3) is 0.368. The van der Waals surface area contributed by atoms with Gasteiger partial charge in [0.15, 0.2) is 5.78 Å². The minimum atomic E-state index is -0.0326. The van der Waals surface area contributed by atoms with Crippen LogP contribution >= 0.6 is 11.6 Å². The fourth-order valence-corrected chi connectivity index (χ4v) is 3.40. The lowest BCUT2D eigenvalue weighted by molar-refractivity contribution is 0.0807. The summed E-state index contributed by atoms with van der Waals surface area (Å²) in [6, 6.07) is 11.1. The Bertz CT molecular complexity index is 706. The summed E-state index contributed by atoms with van der Waals surface area (Å²) >= 11 is 6.07. The number of nitrogens with zero attached hydrogens (tertiary/aromatic N) is 2. The maximum atomic E-state index is 12.9. The molecule has 4 nitrogen and oxygen atoms in total.